The van der Waals surface area contributed by atoms with Gasteiger partial charge < -0.3 is 4.74 Å². The molecule has 3 nitrogen and oxygen atoms in total. The van der Waals surface area contributed by atoms with E-state index in [0.29, 0.717) is 17.7 Å². The third-order valence-electron chi connectivity index (χ3n) is 3.56. The van der Waals surface area contributed by atoms with Gasteiger partial charge in [-0.3, -0.25) is 0 Å². The van der Waals surface area contributed by atoms with Gasteiger partial charge in [0.25, 0.3) is 0 Å². The molecule has 100 valence electrons. The highest BCUT2D eigenvalue weighted by atomic mass is 79.9. The van der Waals surface area contributed by atoms with Gasteiger partial charge in [-0.2, -0.15) is 0 Å². The summed E-state index contributed by atoms with van der Waals surface area (Å²) in [5, 5.41) is 0.491. The van der Waals surface area contributed by atoms with Gasteiger partial charge in [0.1, 0.15) is 11.0 Å². The molecule has 5 heteroatoms. The molecular formula is C13H18BrClN2O. The number of aromatic nitrogens is 2. The van der Waals surface area contributed by atoms with E-state index < -0.39 is 0 Å². The van der Waals surface area contributed by atoms with Gasteiger partial charge in [0.2, 0.25) is 0 Å². The van der Waals surface area contributed by atoms with E-state index in [1.807, 2.05) is 0 Å². The fourth-order valence-corrected chi connectivity index (χ4v) is 2.90. The number of methoxy groups -OCH3 is 1. The number of nitrogens with zero attached hydrogens (tertiary/aromatic N) is 2. The molecular weight excluding hydrogens is 316 g/mol. The van der Waals surface area contributed by atoms with Gasteiger partial charge in [0.05, 0.1) is 16.8 Å². The van der Waals surface area contributed by atoms with Crippen molar-refractivity contribution in [2.75, 3.05) is 7.11 Å². The zero-order valence-electron chi connectivity index (χ0n) is 10.7. The minimum absolute atomic E-state index is 0.447. The second-order valence-corrected chi connectivity index (χ2v) is 6.17. The lowest BCUT2D eigenvalue weighted by atomic mass is 9.82. The van der Waals surface area contributed by atoms with Gasteiger partial charge in [-0.05, 0) is 34.7 Å². The first-order valence-corrected chi connectivity index (χ1v) is 7.49. The third kappa shape index (κ3) is 3.22. The lowest BCUT2D eigenvalue weighted by Gasteiger charge is -2.25. The largest absolute Gasteiger partial charge is 0.378 e. The van der Waals surface area contributed by atoms with Crippen LogP contribution < -0.4 is 0 Å². The molecule has 0 aromatic carbocycles. The van der Waals surface area contributed by atoms with Crippen molar-refractivity contribution in [2.45, 2.75) is 45.1 Å². The van der Waals surface area contributed by atoms with E-state index in [0.717, 1.165) is 34.8 Å². The minimum Gasteiger partial charge on any atom is -0.378 e. The van der Waals surface area contributed by atoms with Crippen molar-refractivity contribution in [3.8, 4) is 0 Å². The van der Waals surface area contributed by atoms with Gasteiger partial charge in [0, 0.05) is 13.0 Å². The van der Waals surface area contributed by atoms with E-state index in [1.54, 1.807) is 7.11 Å². The maximum Gasteiger partial charge on any atom is 0.147 e. The first-order valence-electron chi connectivity index (χ1n) is 6.32. The van der Waals surface area contributed by atoms with Crippen LogP contribution in [0.5, 0.6) is 0 Å². The molecule has 1 saturated carbocycles. The topological polar surface area (TPSA) is 35.0 Å². The fourth-order valence-electron chi connectivity index (χ4n) is 2.41. The van der Waals surface area contributed by atoms with Crippen molar-refractivity contribution in [1.82, 2.24) is 9.97 Å². The molecule has 0 saturated heterocycles. The van der Waals surface area contributed by atoms with Crippen LogP contribution in [-0.4, -0.2) is 17.1 Å². The van der Waals surface area contributed by atoms with E-state index >= 15 is 0 Å². The number of rotatable bonds is 3. The number of ether oxygens (including phenoxy) is 1. The van der Waals surface area contributed by atoms with Gasteiger partial charge in [-0.1, -0.05) is 31.4 Å². The van der Waals surface area contributed by atoms with Crippen LogP contribution in [0.4, 0.5) is 0 Å². The lowest BCUT2D eigenvalue weighted by Crippen LogP contribution is -2.15. The van der Waals surface area contributed by atoms with Gasteiger partial charge in [-0.25, -0.2) is 9.97 Å². The maximum atomic E-state index is 6.15. The Labute approximate surface area is 121 Å². The summed E-state index contributed by atoms with van der Waals surface area (Å²) in [6.07, 6.45) is 4.82. The highest BCUT2D eigenvalue weighted by Crippen LogP contribution is 2.35. The van der Waals surface area contributed by atoms with Crippen molar-refractivity contribution >= 4 is 27.5 Å². The predicted molar refractivity (Wildman–Crippen MR) is 75.8 cm³/mol. The predicted octanol–water partition coefficient (Wildman–Crippen LogP) is 4.33. The van der Waals surface area contributed by atoms with Crippen molar-refractivity contribution in [3.05, 3.63) is 21.1 Å². The third-order valence-corrected chi connectivity index (χ3v) is 4.89. The van der Waals surface area contributed by atoms with Crippen LogP contribution in [0.25, 0.3) is 0 Å². The van der Waals surface area contributed by atoms with Crippen LogP contribution in [-0.2, 0) is 11.3 Å². The van der Waals surface area contributed by atoms with Crippen molar-refractivity contribution in [2.24, 2.45) is 5.92 Å². The number of hydrogen-bond acceptors (Lipinski definition) is 3. The zero-order valence-corrected chi connectivity index (χ0v) is 13.1. The van der Waals surface area contributed by atoms with Crippen molar-refractivity contribution in [1.29, 1.82) is 0 Å². The van der Waals surface area contributed by atoms with E-state index in [4.69, 9.17) is 16.3 Å². The SMILES string of the molecule is COCc1nc(C2CCC(C)CC2)nc(Cl)c1Br. The molecule has 2 rings (SSSR count). The Morgan fingerprint density at radius 2 is 1.94 bits per heavy atom. The van der Waals surface area contributed by atoms with Crippen LogP contribution in [0, 0.1) is 5.92 Å². The Kier molecular flexibility index (Phi) is 4.98. The average molecular weight is 334 g/mol. The molecule has 18 heavy (non-hydrogen) atoms. The molecule has 1 aromatic rings. The van der Waals surface area contributed by atoms with Crippen molar-refractivity contribution in [3.63, 3.8) is 0 Å². The fraction of sp³-hybridized carbons (Fsp3) is 0.692. The first-order chi connectivity index (χ1) is 8.61. The monoisotopic (exact) mass is 332 g/mol. The van der Waals surface area contributed by atoms with Gasteiger partial charge in [-0.15, -0.1) is 0 Å². The summed E-state index contributed by atoms with van der Waals surface area (Å²) in [4.78, 5) is 9.02. The molecule has 0 spiro atoms. The second kappa shape index (κ2) is 6.31. The molecule has 0 atom stereocenters. The van der Waals surface area contributed by atoms with Crippen LogP contribution in [0.15, 0.2) is 4.47 Å². The smallest absolute Gasteiger partial charge is 0.147 e. The van der Waals surface area contributed by atoms with E-state index in [9.17, 15) is 0 Å². The summed E-state index contributed by atoms with van der Waals surface area (Å²) in [6.45, 7) is 2.76. The van der Waals surface area contributed by atoms with Crippen LogP contribution >= 0.6 is 27.5 Å². The molecule has 1 aromatic heterocycles. The van der Waals surface area contributed by atoms with Crippen molar-refractivity contribution < 1.29 is 4.74 Å². The van der Waals surface area contributed by atoms with E-state index in [2.05, 4.69) is 32.8 Å². The van der Waals surface area contributed by atoms with Gasteiger partial charge >= 0.3 is 0 Å². The lowest BCUT2D eigenvalue weighted by molar-refractivity contribution is 0.180. The van der Waals surface area contributed by atoms with E-state index in [1.165, 1.54) is 12.8 Å². The van der Waals surface area contributed by atoms with Crippen LogP contribution in [0.1, 0.15) is 50.0 Å². The highest BCUT2D eigenvalue weighted by Gasteiger charge is 2.23. The standard InChI is InChI=1S/C13H18BrClN2O/c1-8-3-5-9(6-4-8)13-16-10(7-18-2)11(14)12(15)17-13/h8-9H,3-7H2,1-2H3. The zero-order chi connectivity index (χ0) is 13.1. The van der Waals surface area contributed by atoms with E-state index in [-0.39, 0.29) is 0 Å². The Morgan fingerprint density at radius 3 is 2.56 bits per heavy atom. The molecule has 0 aliphatic heterocycles. The average Bonchev–Trinajstić information content (AvgIpc) is 2.36. The molecule has 0 amide bonds. The second-order valence-electron chi connectivity index (χ2n) is 5.02. The minimum atomic E-state index is 0.447. The molecule has 1 aliphatic rings. The number of hydrogen-bond donors (Lipinski definition) is 0. The van der Waals surface area contributed by atoms with Crippen LogP contribution in [0.3, 0.4) is 0 Å². The summed E-state index contributed by atoms with van der Waals surface area (Å²) in [6, 6.07) is 0. The van der Waals surface area contributed by atoms with Gasteiger partial charge in [0.15, 0.2) is 0 Å². The summed E-state index contributed by atoms with van der Waals surface area (Å²) < 4.78 is 5.89. The first kappa shape index (κ1) is 14.2. The molecule has 1 fully saturated rings. The molecule has 0 unspecified atom stereocenters. The molecule has 0 bridgehead atoms. The summed E-state index contributed by atoms with van der Waals surface area (Å²) in [5.41, 5.74) is 0.839. The summed E-state index contributed by atoms with van der Waals surface area (Å²) >= 11 is 9.56. The van der Waals surface area contributed by atoms with Crippen LogP contribution in [0.2, 0.25) is 5.15 Å². The Bertz CT molecular complexity index is 420. The molecule has 0 radical (unpaired) electrons. The maximum absolute atomic E-state index is 6.15. The molecule has 1 heterocycles. The Hall–Kier alpha value is -0.190. The summed E-state index contributed by atoms with van der Waals surface area (Å²) in [5.74, 6) is 2.15. The Morgan fingerprint density at radius 1 is 1.28 bits per heavy atom. The highest BCUT2D eigenvalue weighted by molar-refractivity contribution is 9.10. The molecule has 1 aliphatic carbocycles. The summed E-state index contributed by atoms with van der Waals surface area (Å²) in [7, 11) is 1.66. The number of halogens is 2. The quantitative estimate of drug-likeness (QED) is 0.772. The normalized spacial score (nSPS) is 24.2. The Balaban J connectivity index is 2.22. The molecule has 0 N–H and O–H groups in total.